The monoisotopic (exact) mass is 397 g/mol. The Morgan fingerprint density at radius 2 is 1.52 bits per heavy atom. The molecule has 0 spiro atoms. The first-order valence-electron chi connectivity index (χ1n) is 8.86. The zero-order valence-electron chi connectivity index (χ0n) is 15.8. The number of ketones is 1. The highest BCUT2D eigenvalue weighted by Crippen LogP contribution is 2.36. The molecule has 0 fully saturated rings. The van der Waals surface area contributed by atoms with Crippen molar-refractivity contribution in [2.24, 2.45) is 0 Å². The number of carbonyl (C=O) groups is 2. The topological polar surface area (TPSA) is 46.2 Å². The molecule has 0 heterocycles. The van der Waals surface area contributed by atoms with Gasteiger partial charge in [-0.2, -0.15) is 13.2 Å². The number of anilines is 1. The molecule has 0 aliphatic rings. The number of carbonyl (C=O) groups excluding carboxylic acids is 2. The zero-order chi connectivity index (χ0) is 21.2. The second-order valence-electron chi connectivity index (χ2n) is 6.66. The quantitative estimate of drug-likeness (QED) is 0.538. The maximum Gasteiger partial charge on any atom is 0.416 e. The zero-order valence-corrected chi connectivity index (χ0v) is 15.8. The van der Waals surface area contributed by atoms with Gasteiger partial charge in [0.25, 0.3) is 5.91 Å². The van der Waals surface area contributed by atoms with Crippen LogP contribution in [0.5, 0.6) is 0 Å². The van der Waals surface area contributed by atoms with Gasteiger partial charge in [-0.1, -0.05) is 36.4 Å². The molecule has 3 rings (SSSR count). The average Bonchev–Trinajstić information content (AvgIpc) is 2.67. The molecule has 3 aromatic carbocycles. The molecule has 29 heavy (non-hydrogen) atoms. The molecule has 0 aliphatic carbocycles. The molecule has 0 radical (unpaired) electrons. The van der Waals surface area contributed by atoms with Gasteiger partial charge in [-0.05, 0) is 60.9 Å². The largest absolute Gasteiger partial charge is 0.416 e. The van der Waals surface area contributed by atoms with E-state index >= 15 is 0 Å². The molecule has 0 bridgehead atoms. The summed E-state index contributed by atoms with van der Waals surface area (Å²) in [5.41, 5.74) is 1.02. The van der Waals surface area contributed by atoms with Crippen LogP contribution in [0.15, 0.2) is 66.7 Å². The predicted octanol–water partition coefficient (Wildman–Crippen LogP) is 6.14. The number of alkyl halides is 3. The number of nitrogens with one attached hydrogen (secondary N) is 1. The van der Waals surface area contributed by atoms with E-state index in [1.54, 1.807) is 42.5 Å². The molecular weight excluding hydrogens is 379 g/mol. The van der Waals surface area contributed by atoms with Gasteiger partial charge in [0.2, 0.25) is 0 Å². The van der Waals surface area contributed by atoms with Gasteiger partial charge in [-0.25, -0.2) is 0 Å². The molecule has 148 valence electrons. The Bertz CT molecular complexity index is 1060. The van der Waals surface area contributed by atoms with E-state index in [-0.39, 0.29) is 16.9 Å². The highest BCUT2D eigenvalue weighted by atomic mass is 19.4. The Labute approximate surface area is 166 Å². The number of benzene rings is 3. The van der Waals surface area contributed by atoms with Crippen LogP contribution >= 0.6 is 0 Å². The number of aryl methyl sites for hydroxylation is 1. The van der Waals surface area contributed by atoms with Crippen LogP contribution in [-0.4, -0.2) is 11.7 Å². The summed E-state index contributed by atoms with van der Waals surface area (Å²) in [7, 11) is 0. The van der Waals surface area contributed by atoms with Crippen molar-refractivity contribution in [1.29, 1.82) is 0 Å². The average molecular weight is 397 g/mol. The molecule has 0 unspecified atom stereocenters. The number of amides is 1. The Kier molecular flexibility index (Phi) is 5.55. The summed E-state index contributed by atoms with van der Waals surface area (Å²) in [6.07, 6.45) is -4.57. The maximum atomic E-state index is 13.4. The van der Waals surface area contributed by atoms with Crippen LogP contribution in [0.25, 0.3) is 11.1 Å². The molecule has 1 N–H and O–H groups in total. The summed E-state index contributed by atoms with van der Waals surface area (Å²) in [5, 5.41) is 2.62. The van der Waals surface area contributed by atoms with Crippen molar-refractivity contribution in [2.45, 2.75) is 20.0 Å². The maximum absolute atomic E-state index is 13.4. The van der Waals surface area contributed by atoms with E-state index in [4.69, 9.17) is 0 Å². The van der Waals surface area contributed by atoms with Crippen LogP contribution in [0.4, 0.5) is 18.9 Å². The van der Waals surface area contributed by atoms with Crippen LogP contribution in [0, 0.1) is 6.92 Å². The Hall–Kier alpha value is -3.41. The fraction of sp³-hybridized carbons (Fsp3) is 0.130. The molecule has 0 aromatic heterocycles. The van der Waals surface area contributed by atoms with Crippen LogP contribution in [-0.2, 0) is 6.18 Å². The van der Waals surface area contributed by atoms with Crippen molar-refractivity contribution in [3.8, 4) is 11.1 Å². The third-order valence-electron chi connectivity index (χ3n) is 4.55. The second kappa shape index (κ2) is 7.91. The molecule has 0 saturated heterocycles. The molecule has 3 nitrogen and oxygen atoms in total. The summed E-state index contributed by atoms with van der Waals surface area (Å²) >= 11 is 0. The smallest absolute Gasteiger partial charge is 0.322 e. The van der Waals surface area contributed by atoms with Crippen molar-refractivity contribution in [1.82, 2.24) is 0 Å². The van der Waals surface area contributed by atoms with E-state index in [9.17, 15) is 22.8 Å². The lowest BCUT2D eigenvalue weighted by molar-refractivity contribution is -0.138. The normalized spacial score (nSPS) is 11.2. The number of halogens is 3. The minimum absolute atomic E-state index is 0.0405. The molecule has 1 amide bonds. The highest BCUT2D eigenvalue weighted by Gasteiger charge is 2.34. The van der Waals surface area contributed by atoms with Gasteiger partial charge in [0.05, 0.1) is 5.56 Å². The van der Waals surface area contributed by atoms with Gasteiger partial charge in [-0.15, -0.1) is 0 Å². The van der Waals surface area contributed by atoms with Crippen LogP contribution in [0.1, 0.15) is 38.8 Å². The summed E-state index contributed by atoms with van der Waals surface area (Å²) < 4.78 is 40.2. The highest BCUT2D eigenvalue weighted by molar-refractivity contribution is 6.09. The number of rotatable bonds is 4. The van der Waals surface area contributed by atoms with Gasteiger partial charge in [0.15, 0.2) is 5.78 Å². The molecule has 0 aliphatic heterocycles. The number of hydrogen-bond acceptors (Lipinski definition) is 2. The first kappa shape index (κ1) is 20.3. The molecule has 0 saturated carbocycles. The van der Waals surface area contributed by atoms with Crippen molar-refractivity contribution in [3.63, 3.8) is 0 Å². The molecule has 6 heteroatoms. The van der Waals surface area contributed by atoms with Gasteiger partial charge in [0, 0.05) is 16.8 Å². The number of Topliss-reactive ketones (excluding diaryl/α,β-unsaturated/α-hetero) is 1. The third kappa shape index (κ3) is 4.54. The summed E-state index contributed by atoms with van der Waals surface area (Å²) in [6, 6.07) is 17.2. The Balaban J connectivity index is 2.05. The fourth-order valence-electron chi connectivity index (χ4n) is 3.04. The van der Waals surface area contributed by atoms with Crippen molar-refractivity contribution in [3.05, 3.63) is 89.0 Å². The molecule has 0 atom stereocenters. The van der Waals surface area contributed by atoms with Crippen molar-refractivity contribution >= 4 is 17.4 Å². The van der Waals surface area contributed by atoms with Gasteiger partial charge in [-0.3, -0.25) is 9.59 Å². The standard InChI is InChI=1S/C23H18F3NO2/c1-14-12-19(17-6-4-3-5-7-17)20(13-21(14)23(24,25)26)22(29)27-18-10-8-16(9-11-18)15(2)28/h3-13H,1-2H3,(H,27,29). The van der Waals surface area contributed by atoms with E-state index in [1.807, 2.05) is 0 Å². The molecule has 3 aromatic rings. The summed E-state index contributed by atoms with van der Waals surface area (Å²) in [5.74, 6) is -0.785. The minimum Gasteiger partial charge on any atom is -0.322 e. The van der Waals surface area contributed by atoms with E-state index in [0.29, 0.717) is 22.4 Å². The summed E-state index contributed by atoms with van der Waals surface area (Å²) in [6.45, 7) is 2.79. The van der Waals surface area contributed by atoms with E-state index < -0.39 is 17.6 Å². The third-order valence-corrected chi connectivity index (χ3v) is 4.55. The SMILES string of the molecule is CC(=O)c1ccc(NC(=O)c2cc(C(F)(F)F)c(C)cc2-c2ccccc2)cc1. The van der Waals surface area contributed by atoms with Crippen LogP contribution in [0.3, 0.4) is 0 Å². The lowest BCUT2D eigenvalue weighted by atomic mass is 9.93. The van der Waals surface area contributed by atoms with Crippen molar-refractivity contribution in [2.75, 3.05) is 5.32 Å². The lowest BCUT2D eigenvalue weighted by Gasteiger charge is -2.17. The summed E-state index contributed by atoms with van der Waals surface area (Å²) in [4.78, 5) is 24.2. The first-order valence-corrected chi connectivity index (χ1v) is 8.86. The van der Waals surface area contributed by atoms with E-state index in [0.717, 1.165) is 6.07 Å². The van der Waals surface area contributed by atoms with E-state index in [2.05, 4.69) is 5.32 Å². The Morgan fingerprint density at radius 3 is 2.07 bits per heavy atom. The van der Waals surface area contributed by atoms with Crippen LogP contribution in [0.2, 0.25) is 0 Å². The predicted molar refractivity (Wildman–Crippen MR) is 106 cm³/mol. The van der Waals surface area contributed by atoms with Gasteiger partial charge >= 0.3 is 6.18 Å². The van der Waals surface area contributed by atoms with Gasteiger partial charge in [0.1, 0.15) is 0 Å². The van der Waals surface area contributed by atoms with Crippen molar-refractivity contribution < 1.29 is 22.8 Å². The number of hydrogen-bond donors (Lipinski definition) is 1. The van der Waals surface area contributed by atoms with Crippen LogP contribution < -0.4 is 5.32 Å². The first-order chi connectivity index (χ1) is 13.7. The molecular formula is C23H18F3NO2. The Morgan fingerprint density at radius 1 is 0.897 bits per heavy atom. The fourth-order valence-corrected chi connectivity index (χ4v) is 3.04. The van der Waals surface area contributed by atoms with E-state index in [1.165, 1.54) is 32.0 Å². The second-order valence-corrected chi connectivity index (χ2v) is 6.66. The minimum atomic E-state index is -4.57. The lowest BCUT2D eigenvalue weighted by Crippen LogP contribution is -2.16. The van der Waals surface area contributed by atoms with Gasteiger partial charge < -0.3 is 5.32 Å².